The summed E-state index contributed by atoms with van der Waals surface area (Å²) in [6.45, 7) is 5.51. The summed E-state index contributed by atoms with van der Waals surface area (Å²) in [5, 5.41) is 14.2. The first-order valence-corrected chi connectivity index (χ1v) is 13.5. The van der Waals surface area contributed by atoms with Crippen LogP contribution in [0.3, 0.4) is 0 Å². The van der Waals surface area contributed by atoms with E-state index in [0.29, 0.717) is 10.8 Å². The minimum Gasteiger partial charge on any atom is -0.475 e. The Hall–Kier alpha value is -1.39. The van der Waals surface area contributed by atoms with E-state index in [1.165, 1.54) is 30.0 Å². The lowest BCUT2D eigenvalue weighted by atomic mass is 10.2. The van der Waals surface area contributed by atoms with Crippen LogP contribution in [-0.2, 0) is 9.55 Å². The van der Waals surface area contributed by atoms with Crippen molar-refractivity contribution in [2.24, 2.45) is 0 Å². The average Bonchev–Trinajstić information content (AvgIpc) is 3.26. The Morgan fingerprint density at radius 3 is 2.08 bits per heavy atom. The number of aromatic nitrogens is 3. The zero-order valence-corrected chi connectivity index (χ0v) is 24.2. The second kappa shape index (κ2) is 14.0. The molecular formula is C22H20Cl6N4O3S. The van der Waals surface area contributed by atoms with Crippen molar-refractivity contribution in [3.63, 3.8) is 0 Å². The molecule has 0 saturated heterocycles. The number of hydrogen-bond acceptors (Lipinski definition) is 5. The smallest absolute Gasteiger partial charge is 0.375 e. The summed E-state index contributed by atoms with van der Waals surface area (Å²) in [7, 11) is 0. The molecule has 0 radical (unpaired) electrons. The highest BCUT2D eigenvalue weighted by atomic mass is 35.6. The Bertz CT molecular complexity index is 1200. The number of nitrogens with zero attached hydrogens (tertiary/aromatic N) is 4. The van der Waals surface area contributed by atoms with E-state index in [-0.39, 0.29) is 21.8 Å². The molecule has 0 bridgehead atoms. The van der Waals surface area contributed by atoms with E-state index in [2.05, 4.69) is 10.1 Å². The molecule has 0 fully saturated rings. The lowest BCUT2D eigenvalue weighted by molar-refractivity contribution is 0.0683. The highest BCUT2D eigenvalue weighted by molar-refractivity contribution is 8.12. The zero-order chi connectivity index (χ0) is 27.0. The predicted octanol–water partition coefficient (Wildman–Crippen LogP) is 8.13. The molecule has 2 aromatic carbocycles. The Balaban J connectivity index is 0.000000261. The number of hydrogen-bond donors (Lipinski definition) is 1. The third-order valence-electron chi connectivity index (χ3n) is 4.49. The molecule has 1 N–H and O–H groups in total. The molecule has 0 aliphatic carbocycles. The van der Waals surface area contributed by atoms with Gasteiger partial charge in [-0.05, 0) is 49.7 Å². The third kappa shape index (κ3) is 8.87. The minimum atomic E-state index is -1.97. The van der Waals surface area contributed by atoms with Crippen LogP contribution in [0.4, 0.5) is 4.79 Å². The first-order chi connectivity index (χ1) is 16.9. The molecule has 194 valence electrons. The normalized spacial score (nSPS) is 11.0. The summed E-state index contributed by atoms with van der Waals surface area (Å²) < 4.78 is -0.918. The van der Waals surface area contributed by atoms with E-state index in [0.717, 1.165) is 28.4 Å². The molecule has 1 heterocycles. The Labute approximate surface area is 242 Å². The van der Waals surface area contributed by atoms with Gasteiger partial charge in [0.2, 0.25) is 3.79 Å². The number of carbonyl (C=O) groups excluding carboxylic acids is 1. The number of carboxylic acids is 1. The fourth-order valence-electron chi connectivity index (χ4n) is 2.71. The Morgan fingerprint density at radius 2 is 1.58 bits per heavy atom. The maximum absolute atomic E-state index is 11.7. The van der Waals surface area contributed by atoms with Gasteiger partial charge >= 0.3 is 5.97 Å². The lowest BCUT2D eigenvalue weighted by Crippen LogP contribution is -2.26. The van der Waals surface area contributed by atoms with E-state index in [1.54, 1.807) is 0 Å². The summed E-state index contributed by atoms with van der Waals surface area (Å²) >= 11 is 36.2. The van der Waals surface area contributed by atoms with Crippen molar-refractivity contribution in [2.75, 3.05) is 13.1 Å². The molecule has 1 aromatic heterocycles. The topological polar surface area (TPSA) is 88.3 Å². The van der Waals surface area contributed by atoms with E-state index in [1.807, 2.05) is 43.0 Å². The number of carboxylic acid groups (broad SMARTS) is 1. The van der Waals surface area contributed by atoms with Crippen LogP contribution in [0.5, 0.6) is 0 Å². The van der Waals surface area contributed by atoms with Crippen molar-refractivity contribution >= 4 is 92.6 Å². The summed E-state index contributed by atoms with van der Waals surface area (Å²) in [6.07, 6.45) is 0. The molecule has 1 amide bonds. The summed E-state index contributed by atoms with van der Waals surface area (Å²) in [5.41, 5.74) is 1.41. The SMILES string of the molecule is CCN(CC)C(=O)SCc1ccc(Cl)cc1.O=C(O)c1nc(C(Cl)(Cl)Cl)n(-c2ccc(Cl)cc2Cl)n1. The molecule has 0 atom stereocenters. The van der Waals surface area contributed by atoms with Crippen LogP contribution in [0.25, 0.3) is 5.69 Å². The van der Waals surface area contributed by atoms with Crippen LogP contribution in [0.2, 0.25) is 15.1 Å². The van der Waals surface area contributed by atoms with Gasteiger partial charge < -0.3 is 10.0 Å². The number of benzene rings is 2. The van der Waals surface area contributed by atoms with Gasteiger partial charge in [-0.3, -0.25) is 4.79 Å². The summed E-state index contributed by atoms with van der Waals surface area (Å²) in [4.78, 5) is 28.2. The van der Waals surface area contributed by atoms with Crippen LogP contribution in [-0.4, -0.2) is 49.1 Å². The van der Waals surface area contributed by atoms with Crippen LogP contribution >= 0.6 is 81.4 Å². The molecule has 0 saturated carbocycles. The minimum absolute atomic E-state index is 0.139. The van der Waals surface area contributed by atoms with Crippen molar-refractivity contribution in [1.29, 1.82) is 0 Å². The standard InChI is InChI=1S/C12H16ClNOS.C10H4Cl5N3O2/c1-3-14(4-2)12(15)16-9-10-5-7-11(13)8-6-10;11-4-1-2-6(5(12)3-4)18-9(10(13,14)15)16-7(17-18)8(19)20/h5-8H,3-4,9H2,1-2H3;1-3H,(H,19,20). The number of rotatable bonds is 6. The van der Waals surface area contributed by atoms with Gasteiger partial charge in [0.25, 0.3) is 11.1 Å². The van der Waals surface area contributed by atoms with Crippen molar-refractivity contribution in [3.05, 3.63) is 74.7 Å². The lowest BCUT2D eigenvalue weighted by Gasteiger charge is -2.17. The highest BCUT2D eigenvalue weighted by Gasteiger charge is 2.33. The Morgan fingerprint density at radius 1 is 1.00 bits per heavy atom. The van der Waals surface area contributed by atoms with Gasteiger partial charge in [0.15, 0.2) is 5.82 Å². The fraction of sp³-hybridized carbons (Fsp3) is 0.273. The largest absolute Gasteiger partial charge is 0.475 e. The van der Waals surface area contributed by atoms with Gasteiger partial charge in [-0.15, -0.1) is 5.10 Å². The number of thioether (sulfide) groups is 1. The van der Waals surface area contributed by atoms with Crippen LogP contribution in [0.1, 0.15) is 35.9 Å². The maximum Gasteiger partial charge on any atom is 0.375 e. The summed E-state index contributed by atoms with van der Waals surface area (Å²) in [6, 6.07) is 12.1. The molecule has 3 rings (SSSR count). The zero-order valence-electron chi connectivity index (χ0n) is 18.9. The van der Waals surface area contributed by atoms with Crippen molar-refractivity contribution < 1.29 is 14.7 Å². The molecule has 0 unspecified atom stereocenters. The number of carbonyl (C=O) groups is 2. The molecule has 0 spiro atoms. The number of alkyl halides is 3. The van der Waals surface area contributed by atoms with E-state index in [4.69, 9.17) is 74.7 Å². The second-order valence-corrected chi connectivity index (χ2v) is 11.4. The van der Waals surface area contributed by atoms with Crippen molar-refractivity contribution in [3.8, 4) is 5.69 Å². The predicted molar refractivity (Wildman–Crippen MR) is 149 cm³/mol. The van der Waals surface area contributed by atoms with Gasteiger partial charge in [0.05, 0.1) is 10.7 Å². The van der Waals surface area contributed by atoms with Crippen molar-refractivity contribution in [1.82, 2.24) is 19.7 Å². The second-order valence-electron chi connectivity index (χ2n) is 6.92. The molecule has 3 aromatic rings. The Kier molecular flexibility index (Phi) is 12.0. The van der Waals surface area contributed by atoms with E-state index < -0.39 is 15.6 Å². The molecule has 0 aliphatic rings. The van der Waals surface area contributed by atoms with Gasteiger partial charge in [-0.1, -0.05) is 93.5 Å². The van der Waals surface area contributed by atoms with Gasteiger partial charge in [0.1, 0.15) is 0 Å². The first-order valence-electron chi connectivity index (χ1n) is 10.3. The molecule has 36 heavy (non-hydrogen) atoms. The van der Waals surface area contributed by atoms with Crippen LogP contribution in [0.15, 0.2) is 42.5 Å². The number of aromatic carboxylic acids is 1. The average molecular weight is 633 g/mol. The number of amides is 1. The van der Waals surface area contributed by atoms with Gasteiger partial charge in [0, 0.05) is 28.9 Å². The maximum atomic E-state index is 11.7. The quantitative estimate of drug-likeness (QED) is 0.276. The fourth-order valence-corrected chi connectivity index (χ4v) is 4.61. The molecule has 7 nitrogen and oxygen atoms in total. The van der Waals surface area contributed by atoms with Gasteiger partial charge in [-0.25, -0.2) is 14.5 Å². The van der Waals surface area contributed by atoms with E-state index >= 15 is 0 Å². The molecule has 14 heteroatoms. The van der Waals surface area contributed by atoms with Crippen LogP contribution < -0.4 is 0 Å². The number of halogens is 6. The molecule has 0 aliphatic heterocycles. The molecular weight excluding hydrogens is 613 g/mol. The first kappa shape index (κ1) is 30.8. The van der Waals surface area contributed by atoms with E-state index in [9.17, 15) is 9.59 Å². The highest BCUT2D eigenvalue weighted by Crippen LogP contribution is 2.39. The van der Waals surface area contributed by atoms with Crippen molar-refractivity contribution in [2.45, 2.75) is 23.4 Å². The summed E-state index contributed by atoms with van der Waals surface area (Å²) in [5.74, 6) is -1.36. The third-order valence-corrected chi connectivity index (χ3v) is 6.77. The van der Waals surface area contributed by atoms with Gasteiger partial charge in [-0.2, -0.15) is 0 Å². The van der Waals surface area contributed by atoms with Crippen LogP contribution in [0, 0.1) is 0 Å². The monoisotopic (exact) mass is 630 g/mol.